The quantitative estimate of drug-likeness (QED) is 0.211. The van der Waals surface area contributed by atoms with Crippen LogP contribution < -0.4 is 5.32 Å². The van der Waals surface area contributed by atoms with Gasteiger partial charge in [0.1, 0.15) is 0 Å². The number of amides is 1. The van der Waals surface area contributed by atoms with E-state index in [0.717, 1.165) is 34.5 Å². The van der Waals surface area contributed by atoms with Crippen LogP contribution in [0.1, 0.15) is 29.5 Å². The summed E-state index contributed by atoms with van der Waals surface area (Å²) in [5.74, 6) is -0.137. The molecular formula is C32H29ClN2O. The van der Waals surface area contributed by atoms with Crippen LogP contribution in [0.2, 0.25) is 5.02 Å². The van der Waals surface area contributed by atoms with E-state index in [1.807, 2.05) is 84.9 Å². The lowest BCUT2D eigenvalue weighted by molar-refractivity contribution is -0.111. The van der Waals surface area contributed by atoms with E-state index >= 15 is 0 Å². The maximum Gasteiger partial charge on any atom is 0.256 e. The fraction of sp³-hybridized carbons (Fsp3) is 0.156. The lowest BCUT2D eigenvalue weighted by Crippen LogP contribution is -2.18. The first-order valence-electron chi connectivity index (χ1n) is 12.4. The zero-order valence-electron chi connectivity index (χ0n) is 20.2. The van der Waals surface area contributed by atoms with E-state index in [-0.39, 0.29) is 5.91 Å². The molecule has 36 heavy (non-hydrogen) atoms. The average Bonchev–Trinajstić information content (AvgIpc) is 3.43. The molecule has 0 atom stereocenters. The summed E-state index contributed by atoms with van der Waals surface area (Å²) < 4.78 is 0. The van der Waals surface area contributed by atoms with Gasteiger partial charge >= 0.3 is 0 Å². The van der Waals surface area contributed by atoms with Gasteiger partial charge in [-0.1, -0.05) is 90.5 Å². The average molecular weight is 493 g/mol. The molecule has 0 saturated carbocycles. The van der Waals surface area contributed by atoms with Crippen LogP contribution >= 0.6 is 11.6 Å². The number of anilines is 1. The van der Waals surface area contributed by atoms with Crippen molar-refractivity contribution in [1.29, 1.82) is 0 Å². The van der Waals surface area contributed by atoms with Gasteiger partial charge < -0.3 is 5.32 Å². The molecule has 0 radical (unpaired) electrons. The molecule has 0 aromatic heterocycles. The summed E-state index contributed by atoms with van der Waals surface area (Å²) in [6, 6.07) is 33.9. The van der Waals surface area contributed by atoms with Crippen molar-refractivity contribution in [1.82, 2.24) is 4.90 Å². The van der Waals surface area contributed by atoms with Gasteiger partial charge in [0.15, 0.2) is 0 Å². The zero-order valence-corrected chi connectivity index (χ0v) is 20.9. The number of benzene rings is 4. The lowest BCUT2D eigenvalue weighted by atomic mass is 10.0. The molecule has 0 aliphatic carbocycles. The third-order valence-corrected chi connectivity index (χ3v) is 6.80. The second-order valence-electron chi connectivity index (χ2n) is 9.19. The minimum atomic E-state index is -0.137. The van der Waals surface area contributed by atoms with Crippen LogP contribution in [0.3, 0.4) is 0 Å². The van der Waals surface area contributed by atoms with Gasteiger partial charge in [-0.2, -0.15) is 0 Å². The molecule has 5 rings (SSSR count). The number of hydrogen-bond acceptors (Lipinski definition) is 2. The van der Waals surface area contributed by atoms with Gasteiger partial charge in [-0.3, -0.25) is 9.69 Å². The van der Waals surface area contributed by atoms with E-state index in [1.165, 1.54) is 31.5 Å². The van der Waals surface area contributed by atoms with Crippen LogP contribution in [-0.2, 0) is 11.3 Å². The number of nitrogens with one attached hydrogen (secondary N) is 1. The molecule has 3 nitrogen and oxygen atoms in total. The molecule has 0 unspecified atom stereocenters. The molecule has 0 bridgehead atoms. The molecule has 1 saturated heterocycles. The van der Waals surface area contributed by atoms with E-state index in [9.17, 15) is 4.79 Å². The van der Waals surface area contributed by atoms with Gasteiger partial charge in [-0.25, -0.2) is 0 Å². The summed E-state index contributed by atoms with van der Waals surface area (Å²) in [6.45, 7) is 3.35. The Morgan fingerprint density at radius 3 is 2.03 bits per heavy atom. The lowest BCUT2D eigenvalue weighted by Gasteiger charge is -2.14. The highest BCUT2D eigenvalue weighted by Gasteiger charge is 2.14. The molecule has 1 N–H and O–H groups in total. The van der Waals surface area contributed by atoms with Crippen molar-refractivity contribution in [2.24, 2.45) is 0 Å². The van der Waals surface area contributed by atoms with Gasteiger partial charge in [0.05, 0.1) is 0 Å². The highest BCUT2D eigenvalue weighted by molar-refractivity contribution is 6.30. The second kappa shape index (κ2) is 11.4. The van der Waals surface area contributed by atoms with Gasteiger partial charge in [-0.05, 0) is 84.1 Å². The Morgan fingerprint density at radius 1 is 0.778 bits per heavy atom. The van der Waals surface area contributed by atoms with Crippen molar-refractivity contribution in [2.75, 3.05) is 18.4 Å². The predicted molar refractivity (Wildman–Crippen MR) is 151 cm³/mol. The number of rotatable bonds is 7. The van der Waals surface area contributed by atoms with Gasteiger partial charge in [-0.15, -0.1) is 0 Å². The SMILES string of the molecule is O=C(Nc1ccc(-c2ccc(Cl)cc2)cc1)/C(=C/c1ccc(CN2CCCC2)cc1)c1ccccc1. The van der Waals surface area contributed by atoms with Crippen LogP contribution in [0.5, 0.6) is 0 Å². The smallest absolute Gasteiger partial charge is 0.256 e. The Hall–Kier alpha value is -3.66. The minimum absolute atomic E-state index is 0.137. The highest BCUT2D eigenvalue weighted by Crippen LogP contribution is 2.25. The Morgan fingerprint density at radius 2 is 1.39 bits per heavy atom. The number of carbonyl (C=O) groups excluding carboxylic acids is 1. The Bertz CT molecular complexity index is 1320. The van der Waals surface area contributed by atoms with Crippen molar-refractivity contribution < 1.29 is 4.79 Å². The van der Waals surface area contributed by atoms with Gasteiger partial charge in [0.2, 0.25) is 0 Å². The molecule has 1 aliphatic heterocycles. The van der Waals surface area contributed by atoms with E-state index in [4.69, 9.17) is 11.6 Å². The topological polar surface area (TPSA) is 32.3 Å². The van der Waals surface area contributed by atoms with Crippen LogP contribution in [0.15, 0.2) is 103 Å². The Balaban J connectivity index is 1.34. The summed E-state index contributed by atoms with van der Waals surface area (Å²) >= 11 is 6.01. The molecule has 4 aromatic carbocycles. The number of carbonyl (C=O) groups is 1. The first kappa shape index (κ1) is 24.1. The monoisotopic (exact) mass is 492 g/mol. The Labute approximate surface area is 218 Å². The summed E-state index contributed by atoms with van der Waals surface area (Å²) in [4.78, 5) is 15.9. The van der Waals surface area contributed by atoms with Crippen molar-refractivity contribution in [3.05, 3.63) is 125 Å². The van der Waals surface area contributed by atoms with E-state index in [0.29, 0.717) is 10.6 Å². The number of hydrogen-bond donors (Lipinski definition) is 1. The number of halogens is 1. The van der Waals surface area contributed by atoms with Crippen molar-refractivity contribution in [3.8, 4) is 11.1 Å². The molecule has 4 heteroatoms. The van der Waals surface area contributed by atoms with Crippen LogP contribution in [-0.4, -0.2) is 23.9 Å². The molecule has 0 spiro atoms. The third kappa shape index (κ3) is 6.12. The van der Waals surface area contributed by atoms with Crippen molar-refractivity contribution in [2.45, 2.75) is 19.4 Å². The second-order valence-corrected chi connectivity index (χ2v) is 9.62. The summed E-state index contributed by atoms with van der Waals surface area (Å²) in [5.41, 5.74) is 6.72. The minimum Gasteiger partial charge on any atom is -0.322 e. The predicted octanol–water partition coefficient (Wildman–Crippen LogP) is 7.78. The highest BCUT2D eigenvalue weighted by atomic mass is 35.5. The fourth-order valence-electron chi connectivity index (χ4n) is 4.57. The zero-order chi connectivity index (χ0) is 24.7. The van der Waals surface area contributed by atoms with E-state index < -0.39 is 0 Å². The Kier molecular flexibility index (Phi) is 7.61. The summed E-state index contributed by atoms with van der Waals surface area (Å²) in [7, 11) is 0. The standard InChI is InChI=1S/C32H29ClN2O/c33-29-16-12-26(13-17-29)27-14-18-30(19-15-27)34-32(36)31(28-6-2-1-3-7-28)22-24-8-10-25(11-9-24)23-35-20-4-5-21-35/h1-3,6-19,22H,4-5,20-21,23H2,(H,34,36)/b31-22+. The fourth-order valence-corrected chi connectivity index (χ4v) is 4.70. The third-order valence-electron chi connectivity index (χ3n) is 6.55. The number of nitrogens with zero attached hydrogens (tertiary/aromatic N) is 1. The maximum atomic E-state index is 13.4. The molecule has 180 valence electrons. The van der Waals surface area contributed by atoms with Crippen molar-refractivity contribution in [3.63, 3.8) is 0 Å². The van der Waals surface area contributed by atoms with E-state index in [1.54, 1.807) is 0 Å². The molecule has 4 aromatic rings. The van der Waals surface area contributed by atoms with Gasteiger partial charge in [0, 0.05) is 22.8 Å². The summed E-state index contributed by atoms with van der Waals surface area (Å²) in [5, 5.41) is 3.79. The molecule has 1 fully saturated rings. The van der Waals surface area contributed by atoms with Crippen molar-refractivity contribution >= 4 is 34.8 Å². The maximum absolute atomic E-state index is 13.4. The first-order chi connectivity index (χ1) is 17.6. The molecular weight excluding hydrogens is 464 g/mol. The van der Waals surface area contributed by atoms with Crippen LogP contribution in [0.4, 0.5) is 5.69 Å². The van der Waals surface area contributed by atoms with E-state index in [2.05, 4.69) is 34.5 Å². The van der Waals surface area contributed by atoms with Gasteiger partial charge in [0.25, 0.3) is 5.91 Å². The summed E-state index contributed by atoms with van der Waals surface area (Å²) in [6.07, 6.45) is 4.55. The molecule has 1 amide bonds. The van der Waals surface area contributed by atoms with Crippen LogP contribution in [0.25, 0.3) is 22.8 Å². The number of likely N-dealkylation sites (tertiary alicyclic amines) is 1. The molecule has 1 heterocycles. The van der Waals surface area contributed by atoms with Crippen LogP contribution in [0, 0.1) is 0 Å². The molecule has 1 aliphatic rings. The first-order valence-corrected chi connectivity index (χ1v) is 12.8. The largest absolute Gasteiger partial charge is 0.322 e. The normalized spacial score (nSPS) is 14.1.